The Morgan fingerprint density at radius 2 is 1.43 bits per heavy atom. The van der Waals surface area contributed by atoms with Crippen LogP contribution in [-0.2, 0) is 6.18 Å². The van der Waals surface area contributed by atoms with Crippen LogP contribution in [0.3, 0.4) is 0 Å². The lowest BCUT2D eigenvalue weighted by Crippen LogP contribution is -2.08. The minimum absolute atomic E-state index is 0.0104. The van der Waals surface area contributed by atoms with Gasteiger partial charge in [0.25, 0.3) is 0 Å². The summed E-state index contributed by atoms with van der Waals surface area (Å²) in [6.45, 7) is 3.82. The maximum atomic E-state index is 14.4. The van der Waals surface area contributed by atoms with E-state index in [2.05, 4.69) is 5.10 Å². The second-order valence-corrected chi connectivity index (χ2v) is 8.40. The summed E-state index contributed by atoms with van der Waals surface area (Å²) in [4.78, 5) is 4.69. The highest BCUT2D eigenvalue weighted by atomic mass is 19.4. The van der Waals surface area contributed by atoms with E-state index in [0.717, 1.165) is 6.07 Å². The molecule has 7 heteroatoms. The van der Waals surface area contributed by atoms with Crippen molar-refractivity contribution in [1.82, 2.24) is 14.8 Å². The molecule has 176 valence electrons. The number of pyridine rings is 1. The molecule has 5 aromatic rings. The molecule has 0 saturated carbocycles. The zero-order chi connectivity index (χ0) is 24.6. The highest BCUT2D eigenvalue weighted by Crippen LogP contribution is 2.41. The van der Waals surface area contributed by atoms with Crippen LogP contribution < -0.4 is 4.74 Å². The van der Waals surface area contributed by atoms with Crippen molar-refractivity contribution in [1.29, 1.82) is 0 Å². The summed E-state index contributed by atoms with van der Waals surface area (Å²) in [5.74, 6) is 0.640. The van der Waals surface area contributed by atoms with Crippen molar-refractivity contribution in [3.63, 3.8) is 0 Å². The third kappa shape index (κ3) is 4.49. The van der Waals surface area contributed by atoms with Crippen LogP contribution in [0.4, 0.5) is 13.2 Å². The molecule has 0 bridgehead atoms. The van der Waals surface area contributed by atoms with Gasteiger partial charge < -0.3 is 4.74 Å². The predicted octanol–water partition coefficient (Wildman–Crippen LogP) is 7.56. The molecule has 3 aromatic carbocycles. The van der Waals surface area contributed by atoms with Gasteiger partial charge in [-0.3, -0.25) is 0 Å². The number of halogens is 3. The second kappa shape index (κ2) is 8.91. The van der Waals surface area contributed by atoms with Gasteiger partial charge in [-0.2, -0.15) is 18.3 Å². The SMILES string of the molecule is CC(C)Oc1ccc(-c2cc(C(F)(F)F)c3c(-c4ccccc4)nn(-c4ccccc4)c3n2)cc1. The van der Waals surface area contributed by atoms with E-state index in [1.54, 1.807) is 60.7 Å². The number of hydrogen-bond acceptors (Lipinski definition) is 3. The number of fused-ring (bicyclic) bond motifs is 1. The van der Waals surface area contributed by atoms with Gasteiger partial charge in [-0.15, -0.1) is 0 Å². The molecule has 0 aliphatic heterocycles. The predicted molar refractivity (Wildman–Crippen MR) is 131 cm³/mol. The molecule has 0 spiro atoms. The van der Waals surface area contributed by atoms with Crippen LogP contribution >= 0.6 is 0 Å². The number of nitrogens with zero attached hydrogens (tertiary/aromatic N) is 3. The van der Waals surface area contributed by atoms with E-state index in [0.29, 0.717) is 22.6 Å². The molecule has 4 nitrogen and oxygen atoms in total. The van der Waals surface area contributed by atoms with Crippen molar-refractivity contribution in [3.05, 3.63) is 96.6 Å². The van der Waals surface area contributed by atoms with Crippen LogP contribution in [0, 0.1) is 0 Å². The van der Waals surface area contributed by atoms with Crippen LogP contribution in [0.25, 0.3) is 39.2 Å². The Morgan fingerprint density at radius 3 is 2.03 bits per heavy atom. The van der Waals surface area contributed by atoms with E-state index < -0.39 is 11.7 Å². The molecule has 2 heterocycles. The summed E-state index contributed by atoms with van der Waals surface area (Å²) in [6.07, 6.45) is -4.62. The van der Waals surface area contributed by atoms with Crippen LogP contribution in [0.5, 0.6) is 5.75 Å². The zero-order valence-electron chi connectivity index (χ0n) is 19.1. The molecule has 0 aliphatic rings. The van der Waals surface area contributed by atoms with Gasteiger partial charge in [0.2, 0.25) is 0 Å². The molecule has 35 heavy (non-hydrogen) atoms. The van der Waals surface area contributed by atoms with Crippen molar-refractivity contribution in [2.24, 2.45) is 0 Å². The largest absolute Gasteiger partial charge is 0.491 e. The van der Waals surface area contributed by atoms with E-state index in [1.165, 1.54) is 4.68 Å². The normalized spacial score (nSPS) is 11.8. The fourth-order valence-electron chi connectivity index (χ4n) is 4.01. The quantitative estimate of drug-likeness (QED) is 0.264. The standard InChI is InChI=1S/C28H22F3N3O/c1-18(2)35-22-15-13-19(14-16-22)24-17-23(28(29,30)31)25-26(20-9-5-3-6-10-20)33-34(27(25)32-24)21-11-7-4-8-12-21/h3-18H,1-2H3. The minimum atomic E-state index is -4.61. The first-order chi connectivity index (χ1) is 16.8. The van der Waals surface area contributed by atoms with E-state index >= 15 is 0 Å². The molecule has 2 aromatic heterocycles. The van der Waals surface area contributed by atoms with Crippen LogP contribution in [0.1, 0.15) is 19.4 Å². The summed E-state index contributed by atoms with van der Waals surface area (Å²) in [7, 11) is 0. The lowest BCUT2D eigenvalue weighted by molar-refractivity contribution is -0.136. The Kier molecular flexibility index (Phi) is 5.76. The maximum Gasteiger partial charge on any atom is 0.417 e. The van der Waals surface area contributed by atoms with E-state index in [1.807, 2.05) is 38.1 Å². The van der Waals surface area contributed by atoms with Crippen molar-refractivity contribution >= 4 is 11.0 Å². The van der Waals surface area contributed by atoms with Gasteiger partial charge in [0.05, 0.1) is 28.4 Å². The van der Waals surface area contributed by atoms with Gasteiger partial charge in [0, 0.05) is 11.1 Å². The summed E-state index contributed by atoms with van der Waals surface area (Å²) >= 11 is 0. The monoisotopic (exact) mass is 473 g/mol. The van der Waals surface area contributed by atoms with Gasteiger partial charge in [0.15, 0.2) is 5.65 Å². The Balaban J connectivity index is 1.79. The second-order valence-electron chi connectivity index (χ2n) is 8.40. The fraction of sp³-hybridized carbons (Fsp3) is 0.143. The van der Waals surface area contributed by atoms with Crippen molar-refractivity contribution < 1.29 is 17.9 Å². The van der Waals surface area contributed by atoms with Crippen molar-refractivity contribution in [3.8, 4) is 34.0 Å². The Morgan fingerprint density at radius 1 is 0.800 bits per heavy atom. The number of rotatable bonds is 5. The highest BCUT2D eigenvalue weighted by molar-refractivity contribution is 5.96. The van der Waals surface area contributed by atoms with Crippen molar-refractivity contribution in [2.45, 2.75) is 26.1 Å². The molecule has 0 atom stereocenters. The van der Waals surface area contributed by atoms with E-state index in [9.17, 15) is 13.2 Å². The highest BCUT2D eigenvalue weighted by Gasteiger charge is 2.36. The molecule has 0 amide bonds. The van der Waals surface area contributed by atoms with Gasteiger partial charge in [0.1, 0.15) is 11.4 Å². The summed E-state index contributed by atoms with van der Waals surface area (Å²) in [5, 5.41) is 4.59. The van der Waals surface area contributed by atoms with E-state index in [4.69, 9.17) is 9.72 Å². The summed E-state index contributed by atoms with van der Waals surface area (Å²) < 4.78 is 50.5. The first-order valence-corrected chi connectivity index (χ1v) is 11.2. The van der Waals surface area contributed by atoms with Gasteiger partial charge in [-0.05, 0) is 56.3 Å². The molecule has 0 saturated heterocycles. The molecule has 0 aliphatic carbocycles. The number of para-hydroxylation sites is 1. The maximum absolute atomic E-state index is 14.4. The molecule has 0 unspecified atom stereocenters. The molecule has 0 fully saturated rings. The fourth-order valence-corrected chi connectivity index (χ4v) is 4.01. The average Bonchev–Trinajstić information content (AvgIpc) is 3.23. The summed E-state index contributed by atoms with van der Waals surface area (Å²) in [5.41, 5.74) is 1.56. The number of ether oxygens (including phenoxy) is 1. The van der Waals surface area contributed by atoms with Crippen LogP contribution in [-0.4, -0.2) is 20.9 Å². The summed E-state index contributed by atoms with van der Waals surface area (Å²) in [6, 6.07) is 25.9. The number of hydrogen-bond donors (Lipinski definition) is 0. The number of aromatic nitrogens is 3. The van der Waals surface area contributed by atoms with Crippen molar-refractivity contribution in [2.75, 3.05) is 0 Å². The number of alkyl halides is 3. The molecular formula is C28H22F3N3O. The molecule has 5 rings (SSSR count). The first kappa shape index (κ1) is 22.7. The smallest absolute Gasteiger partial charge is 0.417 e. The third-order valence-electron chi connectivity index (χ3n) is 5.51. The van der Waals surface area contributed by atoms with Crippen LogP contribution in [0.15, 0.2) is 91.0 Å². The number of benzene rings is 3. The van der Waals surface area contributed by atoms with Gasteiger partial charge in [-0.1, -0.05) is 48.5 Å². The molecule has 0 radical (unpaired) electrons. The van der Waals surface area contributed by atoms with Crippen LogP contribution in [0.2, 0.25) is 0 Å². The first-order valence-electron chi connectivity index (χ1n) is 11.2. The van der Waals surface area contributed by atoms with Gasteiger partial charge in [-0.25, -0.2) is 9.67 Å². The lowest BCUT2D eigenvalue weighted by atomic mass is 10.0. The Labute approximate surface area is 200 Å². The minimum Gasteiger partial charge on any atom is -0.491 e. The molecule has 0 N–H and O–H groups in total. The third-order valence-corrected chi connectivity index (χ3v) is 5.51. The molecular weight excluding hydrogens is 451 g/mol. The Bertz CT molecular complexity index is 1460. The average molecular weight is 473 g/mol. The zero-order valence-corrected chi connectivity index (χ0v) is 19.1. The lowest BCUT2D eigenvalue weighted by Gasteiger charge is -2.13. The topological polar surface area (TPSA) is 39.9 Å². The van der Waals surface area contributed by atoms with Gasteiger partial charge >= 0.3 is 6.18 Å². The Hall–Kier alpha value is -4.13. The van der Waals surface area contributed by atoms with E-state index in [-0.39, 0.29) is 28.5 Å².